The van der Waals surface area contributed by atoms with Crippen LogP contribution in [0, 0.1) is 11.8 Å². The van der Waals surface area contributed by atoms with Gasteiger partial charge in [0.05, 0.1) is 0 Å². The van der Waals surface area contributed by atoms with Gasteiger partial charge in [-0.05, 0) is 57.7 Å². The molecule has 1 heterocycles. The van der Waals surface area contributed by atoms with Crippen LogP contribution in [-0.4, -0.2) is 50.6 Å². The second-order valence-electron chi connectivity index (χ2n) is 6.00. The molecular formula is C14H28N4. The Bertz CT molecular complexity index is 282. The molecule has 0 aromatic rings. The molecule has 2 unspecified atom stereocenters. The van der Waals surface area contributed by atoms with E-state index in [1.165, 1.54) is 38.8 Å². The van der Waals surface area contributed by atoms with Crippen molar-refractivity contribution >= 4 is 5.96 Å². The van der Waals surface area contributed by atoms with E-state index in [0.717, 1.165) is 24.3 Å². The monoisotopic (exact) mass is 252 g/mol. The number of rotatable bonds is 4. The van der Waals surface area contributed by atoms with Gasteiger partial charge in [-0.3, -0.25) is 4.99 Å². The third-order valence-electron chi connectivity index (χ3n) is 4.34. The van der Waals surface area contributed by atoms with E-state index in [2.05, 4.69) is 34.5 Å². The molecular weight excluding hydrogens is 224 g/mol. The van der Waals surface area contributed by atoms with Crippen LogP contribution < -0.4 is 10.6 Å². The molecule has 2 N–H and O–H groups in total. The second kappa shape index (κ2) is 6.41. The maximum atomic E-state index is 4.28. The first-order valence-corrected chi connectivity index (χ1v) is 7.34. The predicted octanol–water partition coefficient (Wildman–Crippen LogP) is 1.29. The fourth-order valence-electron chi connectivity index (χ4n) is 2.64. The molecule has 2 aliphatic rings. The van der Waals surface area contributed by atoms with E-state index in [9.17, 15) is 0 Å². The van der Waals surface area contributed by atoms with Crippen LogP contribution in [-0.2, 0) is 0 Å². The lowest BCUT2D eigenvalue weighted by Gasteiger charge is -2.29. The lowest BCUT2D eigenvalue weighted by molar-refractivity contribution is 0.213. The molecule has 18 heavy (non-hydrogen) atoms. The summed E-state index contributed by atoms with van der Waals surface area (Å²) in [5.74, 6) is 2.70. The van der Waals surface area contributed by atoms with Gasteiger partial charge in [0.25, 0.3) is 0 Å². The molecule has 2 fully saturated rings. The highest BCUT2D eigenvalue weighted by Crippen LogP contribution is 2.28. The minimum Gasteiger partial charge on any atom is -0.356 e. The van der Waals surface area contributed by atoms with Crippen molar-refractivity contribution in [3.05, 3.63) is 0 Å². The normalized spacial score (nSPS) is 30.3. The summed E-state index contributed by atoms with van der Waals surface area (Å²) in [6.45, 7) is 5.85. The largest absolute Gasteiger partial charge is 0.356 e. The number of nitrogens with one attached hydrogen (secondary N) is 2. The first kappa shape index (κ1) is 13.7. The molecule has 4 heteroatoms. The number of guanidine groups is 1. The first-order chi connectivity index (χ1) is 8.69. The average Bonchev–Trinajstić information content (AvgIpc) is 3.06. The number of hydrogen-bond donors (Lipinski definition) is 2. The van der Waals surface area contributed by atoms with Crippen LogP contribution in [0.4, 0.5) is 0 Å². The molecule has 2 atom stereocenters. The van der Waals surface area contributed by atoms with Gasteiger partial charge in [-0.1, -0.05) is 6.92 Å². The number of nitrogens with zero attached hydrogens (tertiary/aromatic N) is 2. The maximum absolute atomic E-state index is 4.28. The molecule has 1 saturated carbocycles. The van der Waals surface area contributed by atoms with E-state index in [0.29, 0.717) is 6.04 Å². The van der Waals surface area contributed by atoms with Gasteiger partial charge < -0.3 is 15.5 Å². The van der Waals surface area contributed by atoms with E-state index in [-0.39, 0.29) is 0 Å². The summed E-state index contributed by atoms with van der Waals surface area (Å²) < 4.78 is 0. The van der Waals surface area contributed by atoms with Gasteiger partial charge in [-0.2, -0.15) is 0 Å². The molecule has 1 aliphatic heterocycles. The molecule has 104 valence electrons. The van der Waals surface area contributed by atoms with Gasteiger partial charge in [0.2, 0.25) is 0 Å². The number of piperidine rings is 1. The summed E-state index contributed by atoms with van der Waals surface area (Å²) in [6, 6.07) is 0.652. The van der Waals surface area contributed by atoms with Crippen LogP contribution in [0.2, 0.25) is 0 Å². The minimum absolute atomic E-state index is 0.652. The van der Waals surface area contributed by atoms with Crippen LogP contribution in [0.25, 0.3) is 0 Å². The fraction of sp³-hybridized carbons (Fsp3) is 0.929. The SMILES string of the molecule is CN=C(NCCC1CCN(C)CC1)NC1CC1C. The van der Waals surface area contributed by atoms with Gasteiger partial charge in [0, 0.05) is 19.6 Å². The first-order valence-electron chi connectivity index (χ1n) is 7.34. The van der Waals surface area contributed by atoms with Gasteiger partial charge in [-0.25, -0.2) is 0 Å². The van der Waals surface area contributed by atoms with Crippen molar-refractivity contribution in [3.8, 4) is 0 Å². The average molecular weight is 252 g/mol. The van der Waals surface area contributed by atoms with Gasteiger partial charge in [-0.15, -0.1) is 0 Å². The molecule has 2 rings (SSSR count). The lowest BCUT2D eigenvalue weighted by atomic mass is 9.94. The van der Waals surface area contributed by atoms with E-state index in [1.807, 2.05) is 7.05 Å². The van der Waals surface area contributed by atoms with Crippen molar-refractivity contribution in [3.63, 3.8) is 0 Å². The molecule has 1 saturated heterocycles. The Kier molecular flexibility index (Phi) is 4.87. The summed E-state index contributed by atoms with van der Waals surface area (Å²) in [5.41, 5.74) is 0. The van der Waals surface area contributed by atoms with Crippen molar-refractivity contribution in [2.24, 2.45) is 16.8 Å². The summed E-state index contributed by atoms with van der Waals surface area (Å²) >= 11 is 0. The van der Waals surface area contributed by atoms with E-state index in [1.54, 1.807) is 0 Å². The summed E-state index contributed by atoms with van der Waals surface area (Å²) in [5, 5.41) is 6.91. The number of aliphatic imine (C=N–C) groups is 1. The van der Waals surface area contributed by atoms with Crippen LogP contribution in [0.15, 0.2) is 4.99 Å². The molecule has 0 spiro atoms. The highest BCUT2D eigenvalue weighted by Gasteiger charge is 2.33. The number of hydrogen-bond acceptors (Lipinski definition) is 2. The zero-order chi connectivity index (χ0) is 13.0. The fourth-order valence-corrected chi connectivity index (χ4v) is 2.64. The molecule has 0 aromatic heterocycles. The van der Waals surface area contributed by atoms with Gasteiger partial charge in [0.1, 0.15) is 0 Å². The number of likely N-dealkylation sites (tertiary alicyclic amines) is 1. The van der Waals surface area contributed by atoms with Crippen molar-refractivity contribution in [1.29, 1.82) is 0 Å². The lowest BCUT2D eigenvalue weighted by Crippen LogP contribution is -2.40. The van der Waals surface area contributed by atoms with Crippen LogP contribution in [0.3, 0.4) is 0 Å². The van der Waals surface area contributed by atoms with E-state index >= 15 is 0 Å². The summed E-state index contributed by atoms with van der Waals surface area (Å²) in [4.78, 5) is 6.71. The Hall–Kier alpha value is -0.770. The van der Waals surface area contributed by atoms with Crippen molar-refractivity contribution in [2.75, 3.05) is 33.7 Å². The van der Waals surface area contributed by atoms with Crippen LogP contribution in [0.1, 0.15) is 32.6 Å². The van der Waals surface area contributed by atoms with Crippen molar-refractivity contribution in [1.82, 2.24) is 15.5 Å². The van der Waals surface area contributed by atoms with Gasteiger partial charge >= 0.3 is 0 Å². The highest BCUT2D eigenvalue weighted by atomic mass is 15.2. The van der Waals surface area contributed by atoms with Gasteiger partial charge in [0.15, 0.2) is 5.96 Å². The zero-order valence-electron chi connectivity index (χ0n) is 12.1. The molecule has 0 radical (unpaired) electrons. The van der Waals surface area contributed by atoms with Crippen LogP contribution >= 0.6 is 0 Å². The third kappa shape index (κ3) is 4.16. The molecule has 0 amide bonds. The standard InChI is InChI=1S/C14H28N4/c1-11-10-13(11)17-14(15-2)16-7-4-12-5-8-18(3)9-6-12/h11-13H,4-10H2,1-3H3,(H2,15,16,17). The summed E-state index contributed by atoms with van der Waals surface area (Å²) in [7, 11) is 4.08. The predicted molar refractivity (Wildman–Crippen MR) is 76.9 cm³/mol. The molecule has 1 aliphatic carbocycles. The smallest absolute Gasteiger partial charge is 0.191 e. The van der Waals surface area contributed by atoms with E-state index < -0.39 is 0 Å². The summed E-state index contributed by atoms with van der Waals surface area (Å²) in [6.07, 6.45) is 5.26. The molecule has 4 nitrogen and oxygen atoms in total. The highest BCUT2D eigenvalue weighted by molar-refractivity contribution is 5.80. The maximum Gasteiger partial charge on any atom is 0.191 e. The van der Waals surface area contributed by atoms with Crippen molar-refractivity contribution in [2.45, 2.75) is 38.6 Å². The Labute approximate surface area is 111 Å². The Morgan fingerprint density at radius 1 is 1.33 bits per heavy atom. The van der Waals surface area contributed by atoms with Crippen LogP contribution in [0.5, 0.6) is 0 Å². The second-order valence-corrected chi connectivity index (χ2v) is 6.00. The van der Waals surface area contributed by atoms with Crippen molar-refractivity contribution < 1.29 is 0 Å². The quantitative estimate of drug-likeness (QED) is 0.585. The Morgan fingerprint density at radius 2 is 2.00 bits per heavy atom. The molecule has 0 aromatic carbocycles. The topological polar surface area (TPSA) is 39.7 Å². The van der Waals surface area contributed by atoms with E-state index in [4.69, 9.17) is 0 Å². The minimum atomic E-state index is 0.652. The Balaban J connectivity index is 1.59. The molecule has 0 bridgehead atoms. The Morgan fingerprint density at radius 3 is 2.56 bits per heavy atom. The zero-order valence-corrected chi connectivity index (χ0v) is 12.1. The third-order valence-corrected chi connectivity index (χ3v) is 4.34.